The lowest BCUT2D eigenvalue weighted by atomic mass is 9.86. The van der Waals surface area contributed by atoms with Crippen LogP contribution in [0.3, 0.4) is 0 Å². The van der Waals surface area contributed by atoms with E-state index in [-0.39, 0.29) is 24.4 Å². The molecule has 1 saturated heterocycles. The predicted octanol–water partition coefficient (Wildman–Crippen LogP) is 2.75. The van der Waals surface area contributed by atoms with Gasteiger partial charge in [0.2, 0.25) is 11.8 Å². The number of carbonyl (C=O) groups excluding carboxylic acids is 4. The molecule has 0 radical (unpaired) electrons. The first-order valence-corrected chi connectivity index (χ1v) is 11.6. The Morgan fingerprint density at radius 2 is 1.52 bits per heavy atom. The van der Waals surface area contributed by atoms with E-state index in [0.717, 1.165) is 11.3 Å². The Kier molecular flexibility index (Phi) is 6.68. The summed E-state index contributed by atoms with van der Waals surface area (Å²) in [4.78, 5) is 52.6. The SMILES string of the molecule is O=C(CCC1CCCCC1)NC1CCN(C(=O)CN2C(=O)c3ccccc3C2=O)CC1. The molecule has 7 nitrogen and oxygen atoms in total. The van der Waals surface area contributed by atoms with E-state index in [1.807, 2.05) is 0 Å². The number of hydrogen-bond donors (Lipinski definition) is 1. The second-order valence-corrected chi connectivity index (χ2v) is 9.01. The van der Waals surface area contributed by atoms with E-state index in [2.05, 4.69) is 5.32 Å². The molecule has 7 heteroatoms. The zero-order chi connectivity index (χ0) is 21.8. The van der Waals surface area contributed by atoms with Crippen molar-refractivity contribution in [2.24, 2.45) is 5.92 Å². The fourth-order valence-electron chi connectivity index (χ4n) is 5.00. The fourth-order valence-corrected chi connectivity index (χ4v) is 5.00. The standard InChI is InChI=1S/C24H31N3O4/c28-21(11-10-17-6-2-1-3-7-17)25-18-12-14-26(15-13-18)22(29)16-27-23(30)19-8-4-5-9-20(19)24(27)31/h4-5,8-9,17-18H,1-3,6-7,10-16H2,(H,25,28). The zero-order valence-corrected chi connectivity index (χ0v) is 18.0. The van der Waals surface area contributed by atoms with Crippen LogP contribution >= 0.6 is 0 Å². The number of rotatable bonds is 6. The number of amides is 4. The normalized spacial score (nSPS) is 20.1. The quantitative estimate of drug-likeness (QED) is 0.710. The minimum Gasteiger partial charge on any atom is -0.353 e. The Hall–Kier alpha value is -2.70. The van der Waals surface area contributed by atoms with Crippen molar-refractivity contribution in [2.75, 3.05) is 19.6 Å². The first kappa shape index (κ1) is 21.5. The van der Waals surface area contributed by atoms with Crippen LogP contribution in [-0.4, -0.2) is 59.1 Å². The van der Waals surface area contributed by atoms with Crippen LogP contribution in [0.2, 0.25) is 0 Å². The topological polar surface area (TPSA) is 86.8 Å². The van der Waals surface area contributed by atoms with Crippen molar-refractivity contribution >= 4 is 23.6 Å². The molecule has 1 aromatic carbocycles. The van der Waals surface area contributed by atoms with E-state index in [1.54, 1.807) is 29.2 Å². The highest BCUT2D eigenvalue weighted by atomic mass is 16.2. The lowest BCUT2D eigenvalue weighted by Crippen LogP contribution is -2.49. The third-order valence-electron chi connectivity index (χ3n) is 6.89. The lowest BCUT2D eigenvalue weighted by Gasteiger charge is -2.33. The summed E-state index contributed by atoms with van der Waals surface area (Å²) >= 11 is 0. The van der Waals surface area contributed by atoms with Crippen molar-refractivity contribution in [2.45, 2.75) is 63.8 Å². The van der Waals surface area contributed by atoms with E-state index >= 15 is 0 Å². The first-order valence-electron chi connectivity index (χ1n) is 11.6. The van der Waals surface area contributed by atoms with Gasteiger partial charge in [0.1, 0.15) is 6.54 Å². The first-order chi connectivity index (χ1) is 15.0. The molecule has 0 atom stereocenters. The van der Waals surface area contributed by atoms with Gasteiger partial charge < -0.3 is 10.2 Å². The zero-order valence-electron chi connectivity index (χ0n) is 18.0. The summed E-state index contributed by atoms with van der Waals surface area (Å²) in [6.07, 6.45) is 9.37. The molecule has 1 aliphatic carbocycles. The minimum atomic E-state index is -0.408. The molecule has 166 valence electrons. The Balaban J connectivity index is 1.20. The molecule has 0 aromatic heterocycles. The number of nitrogens with one attached hydrogen (secondary N) is 1. The van der Waals surface area contributed by atoms with Gasteiger partial charge >= 0.3 is 0 Å². The highest BCUT2D eigenvalue weighted by Crippen LogP contribution is 2.27. The molecule has 4 amide bonds. The van der Waals surface area contributed by atoms with Crippen molar-refractivity contribution in [3.8, 4) is 0 Å². The summed E-state index contributed by atoms with van der Waals surface area (Å²) in [5.74, 6) is -0.234. The van der Waals surface area contributed by atoms with Crippen LogP contribution in [-0.2, 0) is 9.59 Å². The number of likely N-dealkylation sites (tertiary alicyclic amines) is 1. The van der Waals surface area contributed by atoms with Gasteiger partial charge in [-0.15, -0.1) is 0 Å². The van der Waals surface area contributed by atoms with Crippen LogP contribution in [0, 0.1) is 5.92 Å². The molecule has 1 N–H and O–H groups in total. The second kappa shape index (κ2) is 9.62. The molecule has 3 aliphatic rings. The van der Waals surface area contributed by atoms with E-state index in [0.29, 0.717) is 49.4 Å². The van der Waals surface area contributed by atoms with Crippen molar-refractivity contribution in [1.29, 1.82) is 0 Å². The third kappa shape index (κ3) is 4.97. The van der Waals surface area contributed by atoms with Gasteiger partial charge in [-0.1, -0.05) is 44.2 Å². The summed E-state index contributed by atoms with van der Waals surface area (Å²) in [6, 6.07) is 6.74. The van der Waals surface area contributed by atoms with E-state index < -0.39 is 11.8 Å². The van der Waals surface area contributed by atoms with Crippen LogP contribution < -0.4 is 5.32 Å². The summed E-state index contributed by atoms with van der Waals surface area (Å²) in [5, 5.41) is 3.12. The number of hydrogen-bond acceptors (Lipinski definition) is 4. The summed E-state index contributed by atoms with van der Waals surface area (Å²) in [6.45, 7) is 0.815. The Bertz CT molecular complexity index is 819. The molecule has 0 unspecified atom stereocenters. The Morgan fingerprint density at radius 3 is 2.13 bits per heavy atom. The van der Waals surface area contributed by atoms with Gasteiger partial charge in [-0.05, 0) is 37.3 Å². The smallest absolute Gasteiger partial charge is 0.262 e. The number of benzene rings is 1. The van der Waals surface area contributed by atoms with Gasteiger partial charge in [-0.2, -0.15) is 0 Å². The third-order valence-corrected chi connectivity index (χ3v) is 6.89. The molecule has 2 aliphatic heterocycles. The van der Waals surface area contributed by atoms with Crippen LogP contribution in [0.5, 0.6) is 0 Å². The van der Waals surface area contributed by atoms with Crippen molar-refractivity contribution in [3.05, 3.63) is 35.4 Å². The predicted molar refractivity (Wildman–Crippen MR) is 115 cm³/mol. The van der Waals surface area contributed by atoms with Crippen molar-refractivity contribution in [3.63, 3.8) is 0 Å². The molecule has 31 heavy (non-hydrogen) atoms. The van der Waals surface area contributed by atoms with Gasteiger partial charge in [-0.25, -0.2) is 0 Å². The monoisotopic (exact) mass is 425 g/mol. The van der Waals surface area contributed by atoms with Gasteiger partial charge in [-0.3, -0.25) is 24.1 Å². The number of fused-ring (bicyclic) bond motifs is 1. The summed E-state index contributed by atoms with van der Waals surface area (Å²) in [7, 11) is 0. The average molecular weight is 426 g/mol. The van der Waals surface area contributed by atoms with Gasteiger partial charge in [0.05, 0.1) is 11.1 Å². The van der Waals surface area contributed by atoms with Crippen molar-refractivity contribution in [1.82, 2.24) is 15.1 Å². The fraction of sp³-hybridized carbons (Fsp3) is 0.583. The maximum absolute atomic E-state index is 12.7. The molecule has 4 rings (SSSR count). The lowest BCUT2D eigenvalue weighted by molar-refractivity contribution is -0.132. The second-order valence-electron chi connectivity index (χ2n) is 9.01. The van der Waals surface area contributed by atoms with Crippen LogP contribution in [0.25, 0.3) is 0 Å². The molecular formula is C24H31N3O4. The number of nitrogens with zero attached hydrogens (tertiary/aromatic N) is 2. The average Bonchev–Trinajstić information content (AvgIpc) is 3.04. The molecular weight excluding hydrogens is 394 g/mol. The number of carbonyl (C=O) groups is 4. The molecule has 1 saturated carbocycles. The molecule has 0 bridgehead atoms. The van der Waals surface area contributed by atoms with E-state index in [9.17, 15) is 19.2 Å². The number of piperidine rings is 1. The maximum Gasteiger partial charge on any atom is 0.262 e. The van der Waals surface area contributed by atoms with Crippen LogP contribution in [0.1, 0.15) is 78.5 Å². The van der Waals surface area contributed by atoms with Crippen LogP contribution in [0.15, 0.2) is 24.3 Å². The largest absolute Gasteiger partial charge is 0.353 e. The van der Waals surface area contributed by atoms with Crippen LogP contribution in [0.4, 0.5) is 0 Å². The highest BCUT2D eigenvalue weighted by Gasteiger charge is 2.37. The van der Waals surface area contributed by atoms with Crippen molar-refractivity contribution < 1.29 is 19.2 Å². The van der Waals surface area contributed by atoms with E-state index in [1.165, 1.54) is 32.1 Å². The summed E-state index contributed by atoms with van der Waals surface area (Å²) in [5.41, 5.74) is 0.713. The maximum atomic E-state index is 12.7. The van der Waals surface area contributed by atoms with Gasteiger partial charge in [0.25, 0.3) is 11.8 Å². The molecule has 2 fully saturated rings. The molecule has 0 spiro atoms. The van der Waals surface area contributed by atoms with E-state index in [4.69, 9.17) is 0 Å². The minimum absolute atomic E-state index is 0.0854. The summed E-state index contributed by atoms with van der Waals surface area (Å²) < 4.78 is 0. The number of imide groups is 1. The van der Waals surface area contributed by atoms with Gasteiger partial charge in [0, 0.05) is 25.6 Å². The highest BCUT2D eigenvalue weighted by molar-refractivity contribution is 6.22. The molecule has 2 heterocycles. The Morgan fingerprint density at radius 1 is 0.903 bits per heavy atom. The van der Waals surface area contributed by atoms with Gasteiger partial charge in [0.15, 0.2) is 0 Å². The molecule has 1 aromatic rings. The Labute approximate surface area is 183 Å².